The highest BCUT2D eigenvalue weighted by Gasteiger charge is 2.14. The van der Waals surface area contributed by atoms with E-state index in [-0.39, 0.29) is 11.3 Å². The van der Waals surface area contributed by atoms with Crippen LogP contribution in [0, 0.1) is 21.4 Å². The molecule has 0 aromatic heterocycles. The number of rotatable bonds is 4. The number of hydrogen-bond donors (Lipinski definition) is 0. The molecule has 0 fully saturated rings. The van der Waals surface area contributed by atoms with Crippen LogP contribution in [-0.2, 0) is 0 Å². The molecule has 0 heterocycles. The molecule has 0 saturated heterocycles. The largest absolute Gasteiger partial charge is 0.457 e. The summed E-state index contributed by atoms with van der Waals surface area (Å²) < 4.78 is 5.57. The molecule has 6 heteroatoms. The minimum atomic E-state index is -0.588. The van der Waals surface area contributed by atoms with Crippen molar-refractivity contribution in [2.24, 2.45) is 0 Å². The van der Waals surface area contributed by atoms with Gasteiger partial charge < -0.3 is 4.74 Å². The van der Waals surface area contributed by atoms with Crippen molar-refractivity contribution in [1.29, 1.82) is 5.26 Å². The minimum Gasteiger partial charge on any atom is -0.457 e. The average Bonchev–Trinajstić information content (AvgIpc) is 2.47. The van der Waals surface area contributed by atoms with Crippen molar-refractivity contribution >= 4 is 17.4 Å². The van der Waals surface area contributed by atoms with Gasteiger partial charge in [-0.2, -0.15) is 5.26 Å². The highest BCUT2D eigenvalue weighted by Crippen LogP contribution is 2.28. The Morgan fingerprint density at radius 1 is 1.20 bits per heavy atom. The van der Waals surface area contributed by atoms with Gasteiger partial charge in [0.2, 0.25) is 0 Å². The number of hydrogen-bond acceptors (Lipinski definition) is 5. The summed E-state index contributed by atoms with van der Waals surface area (Å²) in [7, 11) is 0. The van der Waals surface area contributed by atoms with E-state index < -0.39 is 4.92 Å². The van der Waals surface area contributed by atoms with Crippen LogP contribution in [0.4, 0.5) is 5.69 Å². The van der Waals surface area contributed by atoms with Gasteiger partial charge in [0, 0.05) is 17.0 Å². The molecular formula is C14H10N2O3S. The molecule has 0 atom stereocenters. The van der Waals surface area contributed by atoms with Crippen LogP contribution in [0.2, 0.25) is 0 Å². The Bertz CT molecular complexity index is 678. The lowest BCUT2D eigenvalue weighted by Crippen LogP contribution is -1.93. The van der Waals surface area contributed by atoms with Gasteiger partial charge in [0.1, 0.15) is 23.1 Å². The fourth-order valence-electron chi connectivity index (χ4n) is 1.61. The van der Waals surface area contributed by atoms with Crippen LogP contribution in [0.3, 0.4) is 0 Å². The molecule has 0 N–H and O–H groups in total. The van der Waals surface area contributed by atoms with Crippen molar-refractivity contribution in [2.75, 3.05) is 6.26 Å². The first-order valence-corrected chi connectivity index (χ1v) is 6.87. The monoisotopic (exact) mass is 286 g/mol. The molecule has 0 saturated carbocycles. The molecule has 2 rings (SSSR count). The van der Waals surface area contributed by atoms with Crippen LogP contribution in [-0.4, -0.2) is 11.2 Å². The summed E-state index contributed by atoms with van der Waals surface area (Å²) in [5.74, 6) is 1.00. The molecular weight excluding hydrogens is 276 g/mol. The van der Waals surface area contributed by atoms with Crippen LogP contribution in [0.25, 0.3) is 0 Å². The SMILES string of the molecule is CSc1ccc(Oc2ccc([N+](=O)[O-])c(C#N)c2)cc1. The van der Waals surface area contributed by atoms with Crippen molar-refractivity contribution < 1.29 is 9.66 Å². The third-order valence-corrected chi connectivity index (χ3v) is 3.32. The molecule has 0 bridgehead atoms. The second-order valence-electron chi connectivity index (χ2n) is 3.83. The highest BCUT2D eigenvalue weighted by atomic mass is 32.2. The third kappa shape index (κ3) is 3.08. The number of nitro groups is 1. The minimum absolute atomic E-state index is 0.0202. The Kier molecular flexibility index (Phi) is 4.23. The maximum absolute atomic E-state index is 10.7. The Morgan fingerprint density at radius 3 is 2.40 bits per heavy atom. The molecule has 2 aromatic carbocycles. The topological polar surface area (TPSA) is 76.2 Å². The predicted octanol–water partition coefficient (Wildman–Crippen LogP) is 3.98. The summed E-state index contributed by atoms with van der Waals surface area (Å²) in [5.41, 5.74) is -0.245. The molecule has 0 radical (unpaired) electrons. The van der Waals surface area contributed by atoms with Gasteiger partial charge in [-0.25, -0.2) is 0 Å². The van der Waals surface area contributed by atoms with Crippen molar-refractivity contribution in [3.63, 3.8) is 0 Å². The number of nitriles is 1. The first kappa shape index (κ1) is 13.9. The van der Waals surface area contributed by atoms with E-state index >= 15 is 0 Å². The number of benzene rings is 2. The molecule has 0 unspecified atom stereocenters. The molecule has 20 heavy (non-hydrogen) atoms. The van der Waals surface area contributed by atoms with Gasteiger partial charge in [-0.05, 0) is 36.6 Å². The summed E-state index contributed by atoms with van der Waals surface area (Å²) in [6.45, 7) is 0. The third-order valence-electron chi connectivity index (χ3n) is 2.58. The van der Waals surface area contributed by atoms with E-state index in [2.05, 4.69) is 0 Å². The summed E-state index contributed by atoms with van der Waals surface area (Å²) in [5, 5.41) is 19.6. The average molecular weight is 286 g/mol. The summed E-state index contributed by atoms with van der Waals surface area (Å²) in [6, 6.07) is 13.3. The lowest BCUT2D eigenvalue weighted by Gasteiger charge is -2.06. The maximum atomic E-state index is 10.7. The Hall–Kier alpha value is -2.52. The van der Waals surface area contributed by atoms with E-state index in [1.807, 2.05) is 18.4 Å². The maximum Gasteiger partial charge on any atom is 0.287 e. The zero-order chi connectivity index (χ0) is 14.5. The quantitative estimate of drug-likeness (QED) is 0.482. The number of nitrogens with zero attached hydrogens (tertiary/aromatic N) is 2. The van der Waals surface area contributed by atoms with Gasteiger partial charge in [0.25, 0.3) is 5.69 Å². The summed E-state index contributed by atoms with van der Waals surface area (Å²) in [6.07, 6.45) is 1.98. The summed E-state index contributed by atoms with van der Waals surface area (Å²) >= 11 is 1.62. The molecule has 5 nitrogen and oxygen atoms in total. The second kappa shape index (κ2) is 6.08. The van der Waals surface area contributed by atoms with Crippen molar-refractivity contribution in [3.8, 4) is 17.6 Å². The molecule has 0 spiro atoms. The number of thioether (sulfide) groups is 1. The second-order valence-corrected chi connectivity index (χ2v) is 4.71. The van der Waals surface area contributed by atoms with Gasteiger partial charge in [-0.1, -0.05) is 0 Å². The van der Waals surface area contributed by atoms with Gasteiger partial charge in [-0.15, -0.1) is 11.8 Å². The van der Waals surface area contributed by atoms with E-state index in [1.54, 1.807) is 30.0 Å². The smallest absolute Gasteiger partial charge is 0.287 e. The first-order chi connectivity index (χ1) is 9.63. The zero-order valence-corrected chi connectivity index (χ0v) is 11.4. The van der Waals surface area contributed by atoms with E-state index in [0.29, 0.717) is 11.5 Å². The van der Waals surface area contributed by atoms with Crippen LogP contribution >= 0.6 is 11.8 Å². The Morgan fingerprint density at radius 2 is 1.85 bits per heavy atom. The van der Waals surface area contributed by atoms with Gasteiger partial charge in [0.05, 0.1) is 4.92 Å². The van der Waals surface area contributed by atoms with Gasteiger partial charge in [0.15, 0.2) is 0 Å². The van der Waals surface area contributed by atoms with Gasteiger partial charge >= 0.3 is 0 Å². The zero-order valence-electron chi connectivity index (χ0n) is 10.6. The van der Waals surface area contributed by atoms with Crippen LogP contribution < -0.4 is 4.74 Å². The Balaban J connectivity index is 2.25. The van der Waals surface area contributed by atoms with E-state index in [4.69, 9.17) is 10.00 Å². The van der Waals surface area contributed by atoms with Crippen molar-refractivity contribution in [3.05, 3.63) is 58.1 Å². The predicted molar refractivity (Wildman–Crippen MR) is 76.1 cm³/mol. The van der Waals surface area contributed by atoms with Crippen molar-refractivity contribution in [1.82, 2.24) is 0 Å². The molecule has 2 aromatic rings. The van der Waals surface area contributed by atoms with Gasteiger partial charge in [-0.3, -0.25) is 10.1 Å². The summed E-state index contributed by atoms with van der Waals surface area (Å²) in [4.78, 5) is 11.3. The van der Waals surface area contributed by atoms with E-state index in [9.17, 15) is 10.1 Å². The molecule has 0 amide bonds. The lowest BCUT2D eigenvalue weighted by atomic mass is 10.2. The number of nitro benzene ring substituents is 1. The molecule has 0 aliphatic rings. The molecule has 0 aliphatic heterocycles. The van der Waals surface area contributed by atoms with Crippen LogP contribution in [0.1, 0.15) is 5.56 Å². The van der Waals surface area contributed by atoms with Crippen molar-refractivity contribution in [2.45, 2.75) is 4.90 Å². The van der Waals surface area contributed by atoms with E-state index in [0.717, 1.165) is 4.90 Å². The van der Waals surface area contributed by atoms with E-state index in [1.165, 1.54) is 18.2 Å². The lowest BCUT2D eigenvalue weighted by molar-refractivity contribution is -0.385. The number of ether oxygens (including phenoxy) is 1. The highest BCUT2D eigenvalue weighted by molar-refractivity contribution is 7.98. The standard InChI is InChI=1S/C14H10N2O3S/c1-20-13-5-2-11(3-6-13)19-12-4-7-14(16(17)18)10(8-12)9-15/h2-8H,1H3. The Labute approximate surface area is 120 Å². The molecule has 0 aliphatic carbocycles. The fraction of sp³-hybridized carbons (Fsp3) is 0.0714. The van der Waals surface area contributed by atoms with Crippen LogP contribution in [0.5, 0.6) is 11.5 Å². The fourth-order valence-corrected chi connectivity index (χ4v) is 2.02. The molecule has 100 valence electrons. The van der Waals surface area contributed by atoms with Crippen LogP contribution in [0.15, 0.2) is 47.4 Å². The normalized spacial score (nSPS) is 9.80. The first-order valence-electron chi connectivity index (χ1n) is 5.64.